The van der Waals surface area contributed by atoms with Crippen LogP contribution in [0.15, 0.2) is 48.5 Å². The zero-order valence-electron chi connectivity index (χ0n) is 15.1. The maximum atomic E-state index is 12.3. The van der Waals surface area contributed by atoms with Crippen molar-refractivity contribution in [2.24, 2.45) is 0 Å². The van der Waals surface area contributed by atoms with E-state index in [0.29, 0.717) is 35.2 Å². The molecule has 1 aliphatic rings. The summed E-state index contributed by atoms with van der Waals surface area (Å²) in [6, 6.07) is 13.1. The van der Waals surface area contributed by atoms with Crippen molar-refractivity contribution >= 4 is 23.2 Å². The van der Waals surface area contributed by atoms with E-state index < -0.39 is 6.10 Å². The van der Waals surface area contributed by atoms with Gasteiger partial charge >= 0.3 is 0 Å². The van der Waals surface area contributed by atoms with Gasteiger partial charge in [-0.1, -0.05) is 35.9 Å². The van der Waals surface area contributed by atoms with Crippen LogP contribution in [0.4, 0.5) is 0 Å². The Morgan fingerprint density at radius 1 is 1.19 bits per heavy atom. The Morgan fingerprint density at radius 3 is 2.70 bits per heavy atom. The largest absolute Gasteiger partial charge is 0.493 e. The fraction of sp³-hybridized carbons (Fsp3) is 0.250. The SMILES string of the molecule is COc1ccc(CCNC(=O)[C@H]2C=C(c3ccccc3Cl)NO2)cc1OC. The molecule has 0 bridgehead atoms. The van der Waals surface area contributed by atoms with Crippen molar-refractivity contribution < 1.29 is 19.1 Å². The zero-order chi connectivity index (χ0) is 19.2. The Morgan fingerprint density at radius 2 is 1.96 bits per heavy atom. The average molecular weight is 389 g/mol. The van der Waals surface area contributed by atoms with Gasteiger partial charge in [-0.05, 0) is 36.3 Å². The van der Waals surface area contributed by atoms with Gasteiger partial charge in [-0.25, -0.2) is 0 Å². The lowest BCUT2D eigenvalue weighted by Crippen LogP contribution is -2.36. The molecule has 2 N–H and O–H groups in total. The molecule has 142 valence electrons. The fourth-order valence-corrected chi connectivity index (χ4v) is 3.00. The van der Waals surface area contributed by atoms with Crippen LogP contribution >= 0.6 is 11.6 Å². The fourth-order valence-electron chi connectivity index (χ4n) is 2.77. The maximum Gasteiger partial charge on any atom is 0.256 e. The molecule has 0 saturated heterocycles. The molecule has 1 atom stereocenters. The van der Waals surface area contributed by atoms with Crippen LogP contribution in [-0.4, -0.2) is 32.8 Å². The summed E-state index contributed by atoms with van der Waals surface area (Å²) in [5.74, 6) is 1.12. The third-order valence-corrected chi connectivity index (χ3v) is 4.53. The smallest absolute Gasteiger partial charge is 0.256 e. The minimum atomic E-state index is -0.707. The Bertz CT molecular complexity index is 854. The summed E-state index contributed by atoms with van der Waals surface area (Å²) in [7, 11) is 3.19. The molecule has 0 radical (unpaired) electrons. The Balaban J connectivity index is 1.55. The van der Waals surface area contributed by atoms with Gasteiger partial charge in [0.25, 0.3) is 5.91 Å². The highest BCUT2D eigenvalue weighted by molar-refractivity contribution is 6.32. The van der Waals surface area contributed by atoms with Gasteiger partial charge in [0.2, 0.25) is 0 Å². The molecule has 0 spiro atoms. The van der Waals surface area contributed by atoms with Crippen molar-refractivity contribution in [3.8, 4) is 11.5 Å². The molecule has 2 aromatic carbocycles. The van der Waals surface area contributed by atoms with E-state index in [1.165, 1.54) is 0 Å². The number of benzene rings is 2. The van der Waals surface area contributed by atoms with E-state index in [1.54, 1.807) is 26.4 Å². The van der Waals surface area contributed by atoms with Gasteiger partial charge in [0.1, 0.15) is 0 Å². The molecule has 0 fully saturated rings. The first kappa shape index (κ1) is 19.1. The highest BCUT2D eigenvalue weighted by Gasteiger charge is 2.25. The molecule has 2 aromatic rings. The van der Waals surface area contributed by atoms with E-state index in [0.717, 1.165) is 11.1 Å². The molecular weight excluding hydrogens is 368 g/mol. The molecule has 0 saturated carbocycles. The molecule has 1 amide bonds. The normalized spacial score (nSPS) is 15.7. The number of carbonyl (C=O) groups excluding carboxylic acids is 1. The molecule has 0 aliphatic carbocycles. The van der Waals surface area contributed by atoms with Crippen LogP contribution < -0.4 is 20.3 Å². The first-order chi connectivity index (χ1) is 13.1. The highest BCUT2D eigenvalue weighted by atomic mass is 35.5. The minimum Gasteiger partial charge on any atom is -0.493 e. The third-order valence-electron chi connectivity index (χ3n) is 4.20. The van der Waals surface area contributed by atoms with Crippen LogP contribution in [0.2, 0.25) is 5.02 Å². The molecule has 1 aliphatic heterocycles. The molecule has 3 rings (SSSR count). The summed E-state index contributed by atoms with van der Waals surface area (Å²) in [5, 5.41) is 3.46. The summed E-state index contributed by atoms with van der Waals surface area (Å²) in [6.07, 6.45) is 1.67. The summed E-state index contributed by atoms with van der Waals surface area (Å²) in [5.41, 5.74) is 5.27. The quantitative estimate of drug-likeness (QED) is 0.763. The van der Waals surface area contributed by atoms with Gasteiger partial charge in [-0.3, -0.25) is 15.1 Å². The summed E-state index contributed by atoms with van der Waals surface area (Å²) in [4.78, 5) is 17.7. The molecule has 1 heterocycles. The number of amides is 1. The maximum absolute atomic E-state index is 12.3. The number of hydroxylamine groups is 1. The van der Waals surface area contributed by atoms with Gasteiger partial charge in [-0.2, -0.15) is 0 Å². The lowest BCUT2D eigenvalue weighted by Gasteiger charge is -2.11. The number of hydrogen-bond donors (Lipinski definition) is 2. The summed E-state index contributed by atoms with van der Waals surface area (Å²) < 4.78 is 10.5. The molecule has 27 heavy (non-hydrogen) atoms. The minimum absolute atomic E-state index is 0.218. The molecular formula is C20H21ClN2O4. The Kier molecular flexibility index (Phi) is 6.21. The monoisotopic (exact) mass is 388 g/mol. The van der Waals surface area contributed by atoms with Crippen LogP contribution in [0.3, 0.4) is 0 Å². The van der Waals surface area contributed by atoms with E-state index >= 15 is 0 Å². The first-order valence-corrected chi connectivity index (χ1v) is 8.87. The van der Waals surface area contributed by atoms with Crippen molar-refractivity contribution in [3.05, 3.63) is 64.7 Å². The van der Waals surface area contributed by atoms with Gasteiger partial charge in [-0.15, -0.1) is 0 Å². The van der Waals surface area contributed by atoms with Crippen molar-refractivity contribution in [3.63, 3.8) is 0 Å². The lowest BCUT2D eigenvalue weighted by atomic mass is 10.1. The van der Waals surface area contributed by atoms with Crippen molar-refractivity contribution in [1.29, 1.82) is 0 Å². The third kappa shape index (κ3) is 4.53. The van der Waals surface area contributed by atoms with Crippen LogP contribution in [-0.2, 0) is 16.1 Å². The zero-order valence-corrected chi connectivity index (χ0v) is 15.9. The van der Waals surface area contributed by atoms with Gasteiger partial charge in [0.15, 0.2) is 17.6 Å². The number of hydrogen-bond acceptors (Lipinski definition) is 5. The van der Waals surface area contributed by atoms with E-state index in [9.17, 15) is 4.79 Å². The average Bonchev–Trinajstić information content (AvgIpc) is 3.18. The second kappa shape index (κ2) is 8.79. The molecule has 6 nitrogen and oxygen atoms in total. The number of ether oxygens (including phenoxy) is 2. The van der Waals surface area contributed by atoms with E-state index in [1.807, 2.05) is 36.4 Å². The van der Waals surface area contributed by atoms with Crippen molar-refractivity contribution in [2.75, 3.05) is 20.8 Å². The second-order valence-electron chi connectivity index (χ2n) is 5.93. The first-order valence-electron chi connectivity index (χ1n) is 8.49. The van der Waals surface area contributed by atoms with E-state index in [-0.39, 0.29) is 5.91 Å². The Hall–Kier alpha value is -2.70. The number of carbonyl (C=O) groups is 1. The lowest BCUT2D eigenvalue weighted by molar-refractivity contribution is -0.131. The summed E-state index contributed by atoms with van der Waals surface area (Å²) >= 11 is 6.17. The predicted molar refractivity (Wildman–Crippen MR) is 104 cm³/mol. The topological polar surface area (TPSA) is 68.8 Å². The Labute approximate surface area is 163 Å². The van der Waals surface area contributed by atoms with Gasteiger partial charge in [0.05, 0.1) is 19.9 Å². The van der Waals surface area contributed by atoms with E-state index in [2.05, 4.69) is 10.8 Å². The van der Waals surface area contributed by atoms with Crippen LogP contribution in [0.25, 0.3) is 5.70 Å². The number of nitrogens with one attached hydrogen (secondary N) is 2. The van der Waals surface area contributed by atoms with Crippen LogP contribution in [0.1, 0.15) is 11.1 Å². The van der Waals surface area contributed by atoms with Crippen molar-refractivity contribution in [2.45, 2.75) is 12.5 Å². The molecule has 0 unspecified atom stereocenters. The molecule has 0 aromatic heterocycles. The summed E-state index contributed by atoms with van der Waals surface area (Å²) in [6.45, 7) is 0.476. The van der Waals surface area contributed by atoms with Gasteiger partial charge < -0.3 is 14.8 Å². The van der Waals surface area contributed by atoms with Crippen molar-refractivity contribution in [1.82, 2.24) is 10.8 Å². The van der Waals surface area contributed by atoms with Crippen LogP contribution in [0, 0.1) is 0 Å². The predicted octanol–water partition coefficient (Wildman–Crippen LogP) is 2.96. The van der Waals surface area contributed by atoms with Gasteiger partial charge in [0, 0.05) is 17.1 Å². The second-order valence-corrected chi connectivity index (χ2v) is 6.34. The number of halogens is 1. The number of methoxy groups -OCH3 is 2. The highest BCUT2D eigenvalue weighted by Crippen LogP contribution is 2.28. The molecule has 7 heteroatoms. The number of rotatable bonds is 7. The standard InChI is InChI=1S/C20H21ClN2O4/c1-25-17-8-7-13(11-18(17)26-2)9-10-22-20(24)19-12-16(23-27-19)14-5-3-4-6-15(14)21/h3-8,11-12,19,23H,9-10H2,1-2H3,(H,22,24)/t19-/m1/s1. The van der Waals surface area contributed by atoms with E-state index in [4.69, 9.17) is 25.9 Å². The van der Waals surface area contributed by atoms with Crippen LogP contribution in [0.5, 0.6) is 11.5 Å².